The summed E-state index contributed by atoms with van der Waals surface area (Å²) in [5.41, 5.74) is 8.59. The molecule has 4 rings (SSSR count). The highest BCUT2D eigenvalue weighted by molar-refractivity contribution is 9.10. The van der Waals surface area contributed by atoms with Crippen molar-refractivity contribution in [2.24, 2.45) is 5.73 Å². The van der Waals surface area contributed by atoms with Gasteiger partial charge in [0.25, 0.3) is 5.91 Å². The lowest BCUT2D eigenvalue weighted by Gasteiger charge is -2.12. The summed E-state index contributed by atoms with van der Waals surface area (Å²) >= 11 is 3.40. The third kappa shape index (κ3) is 4.57. The Balaban J connectivity index is 1.56. The third-order valence-electron chi connectivity index (χ3n) is 4.90. The van der Waals surface area contributed by atoms with E-state index in [4.69, 9.17) is 10.5 Å². The molecule has 0 aliphatic carbocycles. The number of hydrogen-bond donors (Lipinski definition) is 3. The Morgan fingerprint density at radius 2 is 1.91 bits per heavy atom. The van der Waals surface area contributed by atoms with Crippen LogP contribution in [0.4, 0.5) is 16.2 Å². The van der Waals surface area contributed by atoms with Crippen LogP contribution in [-0.2, 0) is 6.54 Å². The van der Waals surface area contributed by atoms with Gasteiger partial charge in [0.05, 0.1) is 24.0 Å². The first kappa shape index (κ1) is 21.4. The fourth-order valence-corrected chi connectivity index (χ4v) is 3.79. The molecule has 4 N–H and O–H groups in total. The van der Waals surface area contributed by atoms with Gasteiger partial charge in [0.1, 0.15) is 11.4 Å². The quantitative estimate of drug-likeness (QED) is 0.364. The van der Waals surface area contributed by atoms with Gasteiger partial charge in [0, 0.05) is 28.8 Å². The average molecular weight is 494 g/mol. The number of urea groups is 1. The van der Waals surface area contributed by atoms with E-state index in [1.165, 1.54) is 0 Å². The number of ether oxygens (including phenoxy) is 1. The normalized spacial score (nSPS) is 10.7. The molecule has 162 valence electrons. The van der Waals surface area contributed by atoms with Crippen LogP contribution in [0, 0.1) is 0 Å². The lowest BCUT2D eigenvalue weighted by Crippen LogP contribution is -2.20. The monoisotopic (exact) mass is 493 g/mol. The maximum Gasteiger partial charge on any atom is 0.323 e. The van der Waals surface area contributed by atoms with Gasteiger partial charge < -0.3 is 25.7 Å². The van der Waals surface area contributed by atoms with Gasteiger partial charge in [-0.2, -0.15) is 0 Å². The highest BCUT2D eigenvalue weighted by Crippen LogP contribution is 2.29. The molecule has 4 aromatic rings. The molecule has 0 saturated heterocycles. The minimum atomic E-state index is -0.566. The molecule has 2 aromatic carbocycles. The molecule has 0 aliphatic heterocycles. The fraction of sp³-hybridized carbons (Fsp3) is 0.0870. The molecule has 2 aromatic heterocycles. The largest absolute Gasteiger partial charge is 0.495 e. The number of hydrogen-bond acceptors (Lipinski definition) is 4. The van der Waals surface area contributed by atoms with Gasteiger partial charge >= 0.3 is 6.03 Å². The van der Waals surface area contributed by atoms with Gasteiger partial charge in [-0.15, -0.1) is 0 Å². The van der Waals surface area contributed by atoms with Crippen LogP contribution in [0.5, 0.6) is 5.75 Å². The van der Waals surface area contributed by atoms with E-state index in [2.05, 4.69) is 31.5 Å². The van der Waals surface area contributed by atoms with Crippen LogP contribution < -0.4 is 21.1 Å². The van der Waals surface area contributed by atoms with E-state index in [-0.39, 0.29) is 11.7 Å². The molecule has 8 nitrogen and oxygen atoms in total. The van der Waals surface area contributed by atoms with Gasteiger partial charge in [0.2, 0.25) is 0 Å². The molecule has 0 radical (unpaired) electrons. The lowest BCUT2D eigenvalue weighted by atomic mass is 10.2. The van der Waals surface area contributed by atoms with Gasteiger partial charge in [-0.1, -0.05) is 22.0 Å². The van der Waals surface area contributed by atoms with E-state index in [0.29, 0.717) is 23.7 Å². The van der Waals surface area contributed by atoms with E-state index in [1.54, 1.807) is 31.5 Å². The molecule has 0 atom stereocenters. The van der Waals surface area contributed by atoms with Crippen LogP contribution in [0.3, 0.4) is 0 Å². The number of carbonyl (C=O) groups excluding carboxylic acids is 2. The molecular formula is C23H20BrN5O3. The Morgan fingerprint density at radius 3 is 2.69 bits per heavy atom. The van der Waals surface area contributed by atoms with Crippen LogP contribution in [0.25, 0.3) is 10.9 Å². The standard InChI is InChI=1S/C23H20BrN5O3/c1-32-21-6-5-15(24)12-18(21)28-23(31)27-17-3-2-4-20-16(17)8-10-29(20)13-14-7-9-26-19(11-14)22(25)30/h2-12H,13H2,1H3,(H2,25,30)(H2,27,28,31). The number of methoxy groups -OCH3 is 1. The van der Waals surface area contributed by atoms with Gasteiger partial charge in [0.15, 0.2) is 0 Å². The van der Waals surface area contributed by atoms with Crippen molar-refractivity contribution in [3.63, 3.8) is 0 Å². The predicted molar refractivity (Wildman–Crippen MR) is 127 cm³/mol. The van der Waals surface area contributed by atoms with Crippen molar-refractivity contribution in [2.45, 2.75) is 6.54 Å². The van der Waals surface area contributed by atoms with E-state index in [1.807, 2.05) is 47.2 Å². The van der Waals surface area contributed by atoms with E-state index in [9.17, 15) is 9.59 Å². The number of carbonyl (C=O) groups is 2. The summed E-state index contributed by atoms with van der Waals surface area (Å²) in [6, 6.07) is 16.1. The number of rotatable bonds is 6. The number of pyridine rings is 1. The van der Waals surface area contributed by atoms with E-state index >= 15 is 0 Å². The van der Waals surface area contributed by atoms with Crippen molar-refractivity contribution in [3.05, 3.63) is 82.7 Å². The minimum Gasteiger partial charge on any atom is -0.495 e. The maximum absolute atomic E-state index is 12.7. The summed E-state index contributed by atoms with van der Waals surface area (Å²) in [6.07, 6.45) is 3.49. The molecule has 0 fully saturated rings. The minimum absolute atomic E-state index is 0.223. The lowest BCUT2D eigenvalue weighted by molar-refractivity contribution is 0.0995. The van der Waals surface area contributed by atoms with Crippen LogP contribution in [0.2, 0.25) is 0 Å². The topological polar surface area (TPSA) is 111 Å². The molecule has 0 spiro atoms. The predicted octanol–water partition coefficient (Wildman–Crippen LogP) is 4.60. The first-order valence-electron chi connectivity index (χ1n) is 9.69. The highest BCUT2D eigenvalue weighted by atomic mass is 79.9. The second-order valence-electron chi connectivity index (χ2n) is 7.02. The first-order chi connectivity index (χ1) is 15.4. The van der Waals surface area contributed by atoms with Crippen LogP contribution in [0.1, 0.15) is 16.1 Å². The second-order valence-corrected chi connectivity index (χ2v) is 7.93. The molecule has 2 heterocycles. The molecule has 3 amide bonds. The zero-order chi connectivity index (χ0) is 22.7. The summed E-state index contributed by atoms with van der Waals surface area (Å²) in [4.78, 5) is 28.0. The number of anilines is 2. The molecule has 0 bridgehead atoms. The number of halogens is 1. The van der Waals surface area contributed by atoms with Crippen molar-refractivity contribution in [1.29, 1.82) is 0 Å². The molecule has 0 aliphatic rings. The molecule has 0 saturated carbocycles. The van der Waals surface area contributed by atoms with Gasteiger partial charge in [-0.25, -0.2) is 4.79 Å². The zero-order valence-electron chi connectivity index (χ0n) is 17.1. The van der Waals surface area contributed by atoms with Crippen molar-refractivity contribution in [3.8, 4) is 5.75 Å². The number of nitrogens with two attached hydrogens (primary N) is 1. The Bertz CT molecular complexity index is 1320. The van der Waals surface area contributed by atoms with Crippen molar-refractivity contribution < 1.29 is 14.3 Å². The van der Waals surface area contributed by atoms with Crippen molar-refractivity contribution in [1.82, 2.24) is 9.55 Å². The van der Waals surface area contributed by atoms with Gasteiger partial charge in [-0.05, 0) is 54.1 Å². The summed E-state index contributed by atoms with van der Waals surface area (Å²) in [6.45, 7) is 0.525. The average Bonchev–Trinajstić information content (AvgIpc) is 3.18. The van der Waals surface area contributed by atoms with E-state index in [0.717, 1.165) is 20.9 Å². The molecular weight excluding hydrogens is 474 g/mol. The van der Waals surface area contributed by atoms with Gasteiger partial charge in [-0.3, -0.25) is 9.78 Å². The maximum atomic E-state index is 12.7. The smallest absolute Gasteiger partial charge is 0.323 e. The third-order valence-corrected chi connectivity index (χ3v) is 5.39. The van der Waals surface area contributed by atoms with Crippen LogP contribution >= 0.6 is 15.9 Å². The molecule has 9 heteroatoms. The second kappa shape index (κ2) is 9.11. The Labute approximate surface area is 192 Å². The Kier molecular flexibility index (Phi) is 6.09. The van der Waals surface area contributed by atoms with Crippen LogP contribution in [-0.4, -0.2) is 28.6 Å². The Morgan fingerprint density at radius 1 is 1.09 bits per heavy atom. The number of aromatic nitrogens is 2. The number of benzene rings is 2. The molecule has 0 unspecified atom stereocenters. The van der Waals surface area contributed by atoms with E-state index < -0.39 is 5.91 Å². The molecule has 32 heavy (non-hydrogen) atoms. The number of fused-ring (bicyclic) bond motifs is 1. The van der Waals surface area contributed by atoms with Crippen molar-refractivity contribution in [2.75, 3.05) is 17.7 Å². The summed E-state index contributed by atoms with van der Waals surface area (Å²) in [5, 5.41) is 6.60. The number of primary amides is 1. The van der Waals surface area contributed by atoms with Crippen molar-refractivity contribution >= 4 is 50.1 Å². The summed E-state index contributed by atoms with van der Waals surface area (Å²) in [7, 11) is 1.55. The SMILES string of the molecule is COc1ccc(Br)cc1NC(=O)Nc1cccc2c1ccn2Cc1ccnc(C(N)=O)c1. The number of nitrogens with zero attached hydrogens (tertiary/aromatic N) is 2. The number of nitrogens with one attached hydrogen (secondary N) is 2. The van der Waals surface area contributed by atoms with Crippen LogP contribution in [0.15, 0.2) is 71.5 Å². The zero-order valence-corrected chi connectivity index (χ0v) is 18.7. The number of amides is 3. The summed E-state index contributed by atoms with van der Waals surface area (Å²) in [5.74, 6) is -0.0100. The first-order valence-corrected chi connectivity index (χ1v) is 10.5. The highest BCUT2D eigenvalue weighted by Gasteiger charge is 2.12. The summed E-state index contributed by atoms with van der Waals surface area (Å²) < 4.78 is 8.15. The Hall–Kier alpha value is -3.85. The fourth-order valence-electron chi connectivity index (χ4n) is 3.43.